The van der Waals surface area contributed by atoms with Crippen molar-refractivity contribution in [3.63, 3.8) is 0 Å². The molecule has 0 saturated heterocycles. The predicted molar refractivity (Wildman–Crippen MR) is 110 cm³/mol. The summed E-state index contributed by atoms with van der Waals surface area (Å²) in [6.45, 7) is -0.343. The van der Waals surface area contributed by atoms with Crippen molar-refractivity contribution in [2.75, 3.05) is 23.9 Å². The molecule has 3 aromatic rings. The maximum absolute atomic E-state index is 13.0. The second kappa shape index (κ2) is 7.78. The third-order valence-electron chi connectivity index (χ3n) is 4.42. The van der Waals surface area contributed by atoms with E-state index in [-0.39, 0.29) is 12.5 Å². The summed E-state index contributed by atoms with van der Waals surface area (Å²) in [6, 6.07) is 22.5. The highest BCUT2D eigenvalue weighted by atomic mass is 32.2. The Kier molecular flexibility index (Phi) is 5.04. The van der Waals surface area contributed by atoms with Crippen LogP contribution in [0.15, 0.2) is 82.6 Å². The van der Waals surface area contributed by atoms with Crippen molar-refractivity contribution in [1.82, 2.24) is 0 Å². The summed E-state index contributed by atoms with van der Waals surface area (Å²) in [7, 11) is 1.73. The zero-order valence-corrected chi connectivity index (χ0v) is 16.0. The second-order valence-corrected chi connectivity index (χ2v) is 7.22. The first-order valence-corrected chi connectivity index (χ1v) is 9.63. The van der Waals surface area contributed by atoms with E-state index in [2.05, 4.69) is 5.32 Å². The summed E-state index contributed by atoms with van der Waals surface area (Å²) in [5, 5.41) is 2.95. The number of carbonyl (C=O) groups is 2. The highest BCUT2D eigenvalue weighted by molar-refractivity contribution is 7.99. The molecule has 0 bridgehead atoms. The van der Waals surface area contributed by atoms with Crippen LogP contribution in [0.2, 0.25) is 0 Å². The zero-order chi connectivity index (χ0) is 19.5. The number of anilines is 3. The van der Waals surface area contributed by atoms with Crippen molar-refractivity contribution < 1.29 is 14.3 Å². The molecule has 3 aromatic carbocycles. The third kappa shape index (κ3) is 3.34. The van der Waals surface area contributed by atoms with E-state index in [1.807, 2.05) is 54.6 Å². The molecule has 0 spiro atoms. The molecule has 1 heterocycles. The van der Waals surface area contributed by atoms with Crippen molar-refractivity contribution in [3.05, 3.63) is 78.4 Å². The van der Waals surface area contributed by atoms with Crippen molar-refractivity contribution in [2.45, 2.75) is 9.79 Å². The van der Waals surface area contributed by atoms with Gasteiger partial charge in [0.25, 0.3) is 5.91 Å². The van der Waals surface area contributed by atoms with Crippen LogP contribution in [0.5, 0.6) is 0 Å². The van der Waals surface area contributed by atoms with Gasteiger partial charge in [-0.1, -0.05) is 48.2 Å². The Hall–Kier alpha value is -3.25. The minimum atomic E-state index is -0.536. The SMILES string of the molecule is CNc1ccccc1C(=O)OCC(=O)N1c2ccccc2Sc2ccccc21. The number of amides is 1. The first-order valence-electron chi connectivity index (χ1n) is 8.82. The fraction of sp³-hybridized carbons (Fsp3) is 0.0909. The predicted octanol–water partition coefficient (Wildman–Crippen LogP) is 4.71. The molecule has 4 rings (SSSR count). The molecule has 0 radical (unpaired) electrons. The largest absolute Gasteiger partial charge is 0.452 e. The number of esters is 1. The molecule has 0 atom stereocenters. The lowest BCUT2D eigenvalue weighted by molar-refractivity contribution is -0.121. The van der Waals surface area contributed by atoms with Crippen molar-refractivity contribution in [3.8, 4) is 0 Å². The van der Waals surface area contributed by atoms with Gasteiger partial charge in [-0.05, 0) is 36.4 Å². The van der Waals surface area contributed by atoms with E-state index in [0.717, 1.165) is 21.2 Å². The van der Waals surface area contributed by atoms with Gasteiger partial charge < -0.3 is 10.1 Å². The number of hydrogen-bond donors (Lipinski definition) is 1. The van der Waals surface area contributed by atoms with E-state index < -0.39 is 5.97 Å². The Labute approximate surface area is 167 Å². The molecule has 0 aliphatic carbocycles. The van der Waals surface area contributed by atoms with Gasteiger partial charge in [-0.3, -0.25) is 9.69 Å². The van der Waals surface area contributed by atoms with Crippen LogP contribution >= 0.6 is 11.8 Å². The monoisotopic (exact) mass is 390 g/mol. The molecule has 6 heteroatoms. The summed E-state index contributed by atoms with van der Waals surface area (Å²) in [4.78, 5) is 29.1. The average molecular weight is 390 g/mol. The van der Waals surface area contributed by atoms with Crippen LogP contribution in [0, 0.1) is 0 Å². The van der Waals surface area contributed by atoms with Gasteiger partial charge in [-0.2, -0.15) is 0 Å². The number of para-hydroxylation sites is 3. The van der Waals surface area contributed by atoms with Gasteiger partial charge in [-0.25, -0.2) is 4.79 Å². The van der Waals surface area contributed by atoms with Crippen LogP contribution in [0.4, 0.5) is 17.1 Å². The van der Waals surface area contributed by atoms with Crippen molar-refractivity contribution >= 4 is 40.7 Å². The summed E-state index contributed by atoms with van der Waals surface area (Å²) < 4.78 is 5.34. The number of nitrogens with one attached hydrogen (secondary N) is 1. The molecule has 0 unspecified atom stereocenters. The highest BCUT2D eigenvalue weighted by Crippen LogP contribution is 2.47. The minimum Gasteiger partial charge on any atom is -0.452 e. The van der Waals surface area contributed by atoms with Gasteiger partial charge in [0.05, 0.1) is 16.9 Å². The average Bonchev–Trinajstić information content (AvgIpc) is 2.75. The number of rotatable bonds is 4. The number of carbonyl (C=O) groups excluding carboxylic acids is 2. The topological polar surface area (TPSA) is 58.6 Å². The summed E-state index contributed by atoms with van der Waals surface area (Å²) in [5.41, 5.74) is 2.64. The third-order valence-corrected chi connectivity index (χ3v) is 5.55. The first-order chi connectivity index (χ1) is 13.7. The molecule has 0 aromatic heterocycles. The lowest BCUT2D eigenvalue weighted by Crippen LogP contribution is -2.32. The Balaban J connectivity index is 1.58. The molecule has 5 nitrogen and oxygen atoms in total. The standard InChI is InChI=1S/C22H18N2O3S/c1-23-16-9-3-2-8-15(16)22(26)27-14-21(25)24-17-10-4-6-12-19(17)28-20-13-7-5-11-18(20)24/h2-13,23H,14H2,1H3. The van der Waals surface area contributed by atoms with E-state index in [1.54, 1.807) is 41.9 Å². The van der Waals surface area contributed by atoms with E-state index >= 15 is 0 Å². The normalized spacial score (nSPS) is 12.0. The van der Waals surface area contributed by atoms with Crippen LogP contribution in [0.1, 0.15) is 10.4 Å². The van der Waals surface area contributed by atoms with Crippen LogP contribution in [0.3, 0.4) is 0 Å². The fourth-order valence-electron chi connectivity index (χ4n) is 3.12. The molecule has 140 valence electrons. The van der Waals surface area contributed by atoms with Gasteiger partial charge in [0.2, 0.25) is 0 Å². The van der Waals surface area contributed by atoms with Crippen LogP contribution in [0.25, 0.3) is 0 Å². The molecule has 1 aliphatic heterocycles. The second-order valence-electron chi connectivity index (χ2n) is 6.14. The molecule has 28 heavy (non-hydrogen) atoms. The number of benzene rings is 3. The molecule has 1 N–H and O–H groups in total. The quantitative estimate of drug-likeness (QED) is 0.654. The number of hydrogen-bond acceptors (Lipinski definition) is 5. The molecule has 0 fully saturated rings. The molecular weight excluding hydrogens is 372 g/mol. The van der Waals surface area contributed by atoms with Crippen molar-refractivity contribution in [1.29, 1.82) is 0 Å². The highest BCUT2D eigenvalue weighted by Gasteiger charge is 2.28. The van der Waals surface area contributed by atoms with E-state index in [0.29, 0.717) is 11.3 Å². The molecule has 1 amide bonds. The van der Waals surface area contributed by atoms with Crippen molar-refractivity contribution in [2.24, 2.45) is 0 Å². The molecular formula is C22H18N2O3S. The summed E-state index contributed by atoms with van der Waals surface area (Å²) in [6.07, 6.45) is 0. The van der Waals surface area contributed by atoms with Gasteiger partial charge in [0.1, 0.15) is 0 Å². The first kappa shape index (κ1) is 18.1. The van der Waals surface area contributed by atoms with Gasteiger partial charge in [-0.15, -0.1) is 0 Å². The zero-order valence-electron chi connectivity index (χ0n) is 15.2. The lowest BCUT2D eigenvalue weighted by Gasteiger charge is -2.30. The summed E-state index contributed by atoms with van der Waals surface area (Å²) >= 11 is 1.62. The molecule has 1 aliphatic rings. The fourth-order valence-corrected chi connectivity index (χ4v) is 4.18. The number of ether oxygens (including phenoxy) is 1. The minimum absolute atomic E-state index is 0.296. The smallest absolute Gasteiger partial charge is 0.340 e. The van der Waals surface area contributed by atoms with Crippen LogP contribution < -0.4 is 10.2 Å². The van der Waals surface area contributed by atoms with Gasteiger partial charge >= 0.3 is 5.97 Å². The van der Waals surface area contributed by atoms with Gasteiger partial charge in [0, 0.05) is 22.5 Å². The Morgan fingerprint density at radius 3 is 2.11 bits per heavy atom. The Bertz CT molecular complexity index is 1010. The van der Waals surface area contributed by atoms with E-state index in [4.69, 9.17) is 4.74 Å². The number of nitrogens with zero attached hydrogens (tertiary/aromatic N) is 1. The summed E-state index contributed by atoms with van der Waals surface area (Å²) in [5.74, 6) is -0.832. The van der Waals surface area contributed by atoms with E-state index in [9.17, 15) is 9.59 Å². The van der Waals surface area contributed by atoms with E-state index in [1.165, 1.54) is 0 Å². The van der Waals surface area contributed by atoms with Crippen LogP contribution in [-0.4, -0.2) is 25.5 Å². The maximum atomic E-state index is 13.0. The van der Waals surface area contributed by atoms with Gasteiger partial charge in [0.15, 0.2) is 6.61 Å². The molecule has 0 saturated carbocycles. The van der Waals surface area contributed by atoms with Crippen LogP contribution in [-0.2, 0) is 9.53 Å². The maximum Gasteiger partial charge on any atom is 0.340 e. The Morgan fingerprint density at radius 2 is 1.46 bits per heavy atom. The number of fused-ring (bicyclic) bond motifs is 2. The lowest BCUT2D eigenvalue weighted by atomic mass is 10.2. The Morgan fingerprint density at radius 1 is 0.893 bits per heavy atom.